The Balaban J connectivity index is 1.61. The summed E-state index contributed by atoms with van der Waals surface area (Å²) >= 11 is 13.2. The molecular weight excluding hydrogens is 317 g/mol. The van der Waals surface area contributed by atoms with Crippen molar-refractivity contribution in [1.29, 1.82) is 0 Å². The molecule has 104 valence electrons. The monoisotopic (exact) mass is 327 g/mol. The van der Waals surface area contributed by atoms with Gasteiger partial charge in [-0.3, -0.25) is 4.79 Å². The van der Waals surface area contributed by atoms with Crippen LogP contribution >= 0.6 is 34.5 Å². The summed E-state index contributed by atoms with van der Waals surface area (Å²) in [6.07, 6.45) is 2.58. The maximum Gasteiger partial charge on any atom is 0.230 e. The molecule has 0 saturated heterocycles. The van der Waals surface area contributed by atoms with Crippen LogP contribution in [0.25, 0.3) is 0 Å². The van der Waals surface area contributed by atoms with E-state index >= 15 is 0 Å². The molecule has 0 radical (unpaired) electrons. The maximum atomic E-state index is 11.9. The summed E-state index contributed by atoms with van der Waals surface area (Å²) in [5, 5.41) is 13.3. The van der Waals surface area contributed by atoms with Gasteiger partial charge in [0, 0.05) is 5.92 Å². The third-order valence-corrected chi connectivity index (χ3v) is 4.70. The predicted octanol–water partition coefficient (Wildman–Crippen LogP) is 3.90. The predicted molar refractivity (Wildman–Crippen MR) is 80.7 cm³/mol. The van der Waals surface area contributed by atoms with Gasteiger partial charge in [0.25, 0.3) is 0 Å². The maximum absolute atomic E-state index is 11.9. The summed E-state index contributed by atoms with van der Waals surface area (Å²) in [5.41, 5.74) is 0.809. The lowest BCUT2D eigenvalue weighted by Crippen LogP contribution is -2.14. The smallest absolute Gasteiger partial charge is 0.230 e. The van der Waals surface area contributed by atoms with Crippen molar-refractivity contribution in [1.82, 2.24) is 10.2 Å². The number of hydrogen-bond acceptors (Lipinski definition) is 4. The van der Waals surface area contributed by atoms with Crippen molar-refractivity contribution in [2.75, 3.05) is 5.32 Å². The van der Waals surface area contributed by atoms with Gasteiger partial charge in [-0.1, -0.05) is 40.6 Å². The van der Waals surface area contributed by atoms with Crippen LogP contribution in [0, 0.1) is 0 Å². The van der Waals surface area contributed by atoms with Crippen molar-refractivity contribution < 1.29 is 4.79 Å². The van der Waals surface area contributed by atoms with Crippen molar-refractivity contribution in [3.8, 4) is 0 Å². The van der Waals surface area contributed by atoms with Gasteiger partial charge in [0.05, 0.1) is 16.5 Å². The van der Waals surface area contributed by atoms with Crippen LogP contribution in [-0.4, -0.2) is 16.1 Å². The standard InChI is InChI=1S/C13H11Cl2N3OS/c14-9-4-1-7(5-10(9)15)6-11(19)16-13-18-17-12(20-13)8-2-3-8/h1,4-5,8H,2-3,6H2,(H,16,18,19). The first kappa shape index (κ1) is 13.8. The fourth-order valence-corrected chi connectivity index (χ4v) is 3.03. The average Bonchev–Trinajstić information content (AvgIpc) is 3.15. The normalized spacial score (nSPS) is 14.3. The van der Waals surface area contributed by atoms with E-state index in [4.69, 9.17) is 23.2 Å². The number of rotatable bonds is 4. The van der Waals surface area contributed by atoms with E-state index in [1.807, 2.05) is 0 Å². The topological polar surface area (TPSA) is 54.9 Å². The van der Waals surface area contributed by atoms with E-state index in [9.17, 15) is 4.79 Å². The number of nitrogens with zero attached hydrogens (tertiary/aromatic N) is 2. The third kappa shape index (κ3) is 3.29. The molecule has 7 heteroatoms. The van der Waals surface area contributed by atoms with Crippen molar-refractivity contribution >= 4 is 45.6 Å². The number of hydrogen-bond donors (Lipinski definition) is 1. The number of amides is 1. The second-order valence-electron chi connectivity index (χ2n) is 4.69. The Bertz CT molecular complexity index is 655. The minimum atomic E-state index is -0.137. The quantitative estimate of drug-likeness (QED) is 0.926. The number of carbonyl (C=O) groups excluding carboxylic acids is 1. The van der Waals surface area contributed by atoms with Crippen LogP contribution in [0.2, 0.25) is 10.0 Å². The van der Waals surface area contributed by atoms with E-state index in [1.54, 1.807) is 18.2 Å². The first-order valence-electron chi connectivity index (χ1n) is 6.19. The Morgan fingerprint density at radius 2 is 2.10 bits per heavy atom. The van der Waals surface area contributed by atoms with Crippen LogP contribution in [0.15, 0.2) is 18.2 Å². The zero-order valence-electron chi connectivity index (χ0n) is 10.4. The lowest BCUT2D eigenvalue weighted by Gasteiger charge is -2.03. The zero-order chi connectivity index (χ0) is 14.1. The van der Waals surface area contributed by atoms with Gasteiger partial charge >= 0.3 is 0 Å². The van der Waals surface area contributed by atoms with Crippen LogP contribution in [0.1, 0.15) is 29.3 Å². The van der Waals surface area contributed by atoms with Crippen molar-refractivity contribution in [3.63, 3.8) is 0 Å². The minimum Gasteiger partial charge on any atom is -0.300 e. The molecular formula is C13H11Cl2N3OS. The Morgan fingerprint density at radius 1 is 1.30 bits per heavy atom. The summed E-state index contributed by atoms with van der Waals surface area (Å²) in [7, 11) is 0. The molecule has 3 rings (SSSR count). The highest BCUT2D eigenvalue weighted by molar-refractivity contribution is 7.15. The molecule has 20 heavy (non-hydrogen) atoms. The molecule has 1 N–H and O–H groups in total. The molecule has 1 saturated carbocycles. The van der Waals surface area contributed by atoms with Crippen molar-refractivity contribution in [3.05, 3.63) is 38.8 Å². The Hall–Kier alpha value is -1.17. The average molecular weight is 328 g/mol. The van der Waals surface area contributed by atoms with Crippen molar-refractivity contribution in [2.45, 2.75) is 25.2 Å². The highest BCUT2D eigenvalue weighted by atomic mass is 35.5. The first-order chi connectivity index (χ1) is 9.61. The molecule has 1 aliphatic carbocycles. The molecule has 0 spiro atoms. The van der Waals surface area contributed by atoms with Gasteiger partial charge in [-0.2, -0.15) is 0 Å². The van der Waals surface area contributed by atoms with Crippen LogP contribution in [0.3, 0.4) is 0 Å². The van der Waals surface area contributed by atoms with E-state index in [-0.39, 0.29) is 12.3 Å². The number of aromatic nitrogens is 2. The number of carbonyl (C=O) groups is 1. The van der Waals surface area contributed by atoms with Gasteiger partial charge in [-0.15, -0.1) is 10.2 Å². The van der Waals surface area contributed by atoms with Crippen LogP contribution in [0.5, 0.6) is 0 Å². The molecule has 0 atom stereocenters. The van der Waals surface area contributed by atoms with Gasteiger partial charge in [0.2, 0.25) is 11.0 Å². The molecule has 1 aliphatic rings. The first-order valence-corrected chi connectivity index (χ1v) is 7.76. The summed E-state index contributed by atoms with van der Waals surface area (Å²) in [6, 6.07) is 5.16. The SMILES string of the molecule is O=C(Cc1ccc(Cl)c(Cl)c1)Nc1nnc(C2CC2)s1. The molecule has 4 nitrogen and oxygen atoms in total. The molecule has 1 fully saturated rings. The largest absolute Gasteiger partial charge is 0.300 e. The third-order valence-electron chi connectivity index (χ3n) is 2.96. The minimum absolute atomic E-state index is 0.137. The van der Waals surface area contributed by atoms with E-state index in [1.165, 1.54) is 24.2 Å². The summed E-state index contributed by atoms with van der Waals surface area (Å²) in [5.74, 6) is 0.412. The Morgan fingerprint density at radius 3 is 2.80 bits per heavy atom. The van der Waals surface area contributed by atoms with Gasteiger partial charge in [-0.05, 0) is 30.5 Å². The number of halogens is 2. The van der Waals surface area contributed by atoms with E-state index < -0.39 is 0 Å². The van der Waals surface area contributed by atoms with E-state index in [0.717, 1.165) is 10.6 Å². The molecule has 0 aliphatic heterocycles. The van der Waals surface area contributed by atoms with Crippen LogP contribution in [0.4, 0.5) is 5.13 Å². The second-order valence-corrected chi connectivity index (χ2v) is 6.52. The van der Waals surface area contributed by atoms with Gasteiger partial charge in [-0.25, -0.2) is 0 Å². The van der Waals surface area contributed by atoms with Gasteiger partial charge < -0.3 is 5.32 Å². The number of anilines is 1. The van der Waals surface area contributed by atoms with Crippen molar-refractivity contribution in [2.24, 2.45) is 0 Å². The molecule has 1 aromatic heterocycles. The molecule has 1 amide bonds. The Kier molecular flexibility index (Phi) is 3.92. The zero-order valence-corrected chi connectivity index (χ0v) is 12.7. The molecule has 2 aromatic rings. The fourth-order valence-electron chi connectivity index (χ4n) is 1.78. The van der Waals surface area contributed by atoms with E-state index in [0.29, 0.717) is 21.1 Å². The molecule has 1 aromatic carbocycles. The number of benzene rings is 1. The summed E-state index contributed by atoms with van der Waals surface area (Å²) < 4.78 is 0. The molecule has 1 heterocycles. The molecule has 0 bridgehead atoms. The molecule has 0 unspecified atom stereocenters. The van der Waals surface area contributed by atoms with Gasteiger partial charge in [0.1, 0.15) is 5.01 Å². The van der Waals surface area contributed by atoms with Gasteiger partial charge in [0.15, 0.2) is 0 Å². The Labute approximate surface area is 130 Å². The second kappa shape index (κ2) is 5.68. The highest BCUT2D eigenvalue weighted by Crippen LogP contribution is 2.42. The summed E-state index contributed by atoms with van der Waals surface area (Å²) in [4.78, 5) is 11.9. The fraction of sp³-hybridized carbons (Fsp3) is 0.308. The van der Waals surface area contributed by atoms with Crippen LogP contribution in [-0.2, 0) is 11.2 Å². The number of nitrogens with one attached hydrogen (secondary N) is 1. The van der Waals surface area contributed by atoms with Crippen LogP contribution < -0.4 is 5.32 Å². The summed E-state index contributed by atoms with van der Waals surface area (Å²) in [6.45, 7) is 0. The lowest BCUT2D eigenvalue weighted by molar-refractivity contribution is -0.115. The lowest BCUT2D eigenvalue weighted by atomic mass is 10.1. The highest BCUT2D eigenvalue weighted by Gasteiger charge is 2.27. The van der Waals surface area contributed by atoms with E-state index in [2.05, 4.69) is 15.5 Å².